The van der Waals surface area contributed by atoms with Crippen LogP contribution >= 0.6 is 0 Å². The zero-order valence-electron chi connectivity index (χ0n) is 12.6. The van der Waals surface area contributed by atoms with Gasteiger partial charge >= 0.3 is 0 Å². The summed E-state index contributed by atoms with van der Waals surface area (Å²) in [5.74, 6) is 0. The largest absolute Gasteiger partial charge is 0.313 e. The summed E-state index contributed by atoms with van der Waals surface area (Å²) < 4.78 is 0. The van der Waals surface area contributed by atoms with Gasteiger partial charge in [0.25, 0.3) is 0 Å². The molecule has 1 aromatic rings. The Morgan fingerprint density at radius 3 is 2.47 bits per heavy atom. The average Bonchev–Trinajstić information content (AvgIpc) is 2.63. The molecular weight excluding hydrogens is 230 g/mol. The maximum Gasteiger partial charge on any atom is 0.0317 e. The standard InChI is InChI=1S/C18H27N/c1-14-10-15(2)12-16(11-14)13-18(19-3)17-8-6-4-5-7-9-17/h8,10-12,18-19H,4-7,9,13H2,1-3H3. The summed E-state index contributed by atoms with van der Waals surface area (Å²) in [4.78, 5) is 0. The number of benzene rings is 1. The number of likely N-dealkylation sites (N-methyl/N-ethyl adjacent to an activating group) is 1. The molecule has 1 unspecified atom stereocenters. The van der Waals surface area contributed by atoms with Crippen molar-refractivity contribution < 1.29 is 0 Å². The Morgan fingerprint density at radius 1 is 1.05 bits per heavy atom. The fourth-order valence-corrected chi connectivity index (χ4v) is 3.20. The fraction of sp³-hybridized carbons (Fsp3) is 0.556. The van der Waals surface area contributed by atoms with E-state index in [4.69, 9.17) is 0 Å². The predicted octanol–water partition coefficient (Wildman–Crippen LogP) is 4.32. The summed E-state index contributed by atoms with van der Waals surface area (Å²) in [7, 11) is 2.10. The first kappa shape index (κ1) is 14.3. The van der Waals surface area contributed by atoms with Crippen LogP contribution in [-0.2, 0) is 6.42 Å². The van der Waals surface area contributed by atoms with Crippen LogP contribution in [0.5, 0.6) is 0 Å². The number of allylic oxidation sites excluding steroid dienone is 1. The van der Waals surface area contributed by atoms with E-state index in [1.807, 2.05) is 0 Å². The van der Waals surface area contributed by atoms with Crippen LogP contribution in [0.2, 0.25) is 0 Å². The first-order valence-electron chi connectivity index (χ1n) is 7.62. The van der Waals surface area contributed by atoms with Gasteiger partial charge in [0.15, 0.2) is 0 Å². The van der Waals surface area contributed by atoms with E-state index in [2.05, 4.69) is 50.5 Å². The molecule has 1 heteroatoms. The first-order chi connectivity index (χ1) is 9.19. The summed E-state index contributed by atoms with van der Waals surface area (Å²) in [5.41, 5.74) is 5.83. The highest BCUT2D eigenvalue weighted by Gasteiger charge is 2.14. The van der Waals surface area contributed by atoms with Gasteiger partial charge in [0.2, 0.25) is 0 Å². The highest BCUT2D eigenvalue weighted by molar-refractivity contribution is 5.30. The van der Waals surface area contributed by atoms with Gasteiger partial charge in [-0.05, 0) is 58.6 Å². The molecule has 1 aromatic carbocycles. The van der Waals surface area contributed by atoms with E-state index in [1.54, 1.807) is 5.57 Å². The molecule has 1 atom stereocenters. The zero-order valence-corrected chi connectivity index (χ0v) is 12.6. The monoisotopic (exact) mass is 257 g/mol. The maximum atomic E-state index is 3.52. The molecular formula is C18H27N. The van der Waals surface area contributed by atoms with E-state index in [0.717, 1.165) is 6.42 Å². The van der Waals surface area contributed by atoms with Crippen LogP contribution in [0.15, 0.2) is 29.8 Å². The molecule has 0 heterocycles. The van der Waals surface area contributed by atoms with E-state index in [-0.39, 0.29) is 0 Å². The normalized spacial score (nSPS) is 17.7. The zero-order chi connectivity index (χ0) is 13.7. The minimum atomic E-state index is 0.513. The number of aryl methyl sites for hydroxylation is 2. The second-order valence-electron chi connectivity index (χ2n) is 5.92. The third-order valence-electron chi connectivity index (χ3n) is 4.09. The van der Waals surface area contributed by atoms with Crippen LogP contribution in [-0.4, -0.2) is 13.1 Å². The van der Waals surface area contributed by atoms with E-state index >= 15 is 0 Å². The highest BCUT2D eigenvalue weighted by Crippen LogP contribution is 2.22. The lowest BCUT2D eigenvalue weighted by Crippen LogP contribution is -2.29. The lowest BCUT2D eigenvalue weighted by molar-refractivity contribution is 0.597. The van der Waals surface area contributed by atoms with Crippen molar-refractivity contribution in [3.63, 3.8) is 0 Å². The van der Waals surface area contributed by atoms with Gasteiger partial charge < -0.3 is 5.32 Å². The molecule has 0 aromatic heterocycles. The first-order valence-corrected chi connectivity index (χ1v) is 7.62. The number of hydrogen-bond acceptors (Lipinski definition) is 1. The van der Waals surface area contributed by atoms with Gasteiger partial charge in [-0.2, -0.15) is 0 Å². The number of nitrogens with one attached hydrogen (secondary N) is 1. The van der Waals surface area contributed by atoms with Crippen LogP contribution in [0.3, 0.4) is 0 Å². The maximum absolute atomic E-state index is 3.52. The minimum absolute atomic E-state index is 0.513. The van der Waals surface area contributed by atoms with Crippen molar-refractivity contribution in [2.75, 3.05) is 7.05 Å². The lowest BCUT2D eigenvalue weighted by Gasteiger charge is -2.20. The van der Waals surface area contributed by atoms with Crippen molar-refractivity contribution in [1.29, 1.82) is 0 Å². The lowest BCUT2D eigenvalue weighted by atomic mass is 9.94. The average molecular weight is 257 g/mol. The predicted molar refractivity (Wildman–Crippen MR) is 83.6 cm³/mol. The van der Waals surface area contributed by atoms with Crippen LogP contribution in [0, 0.1) is 13.8 Å². The van der Waals surface area contributed by atoms with Crippen molar-refractivity contribution in [3.05, 3.63) is 46.5 Å². The molecule has 1 aliphatic carbocycles. The van der Waals surface area contributed by atoms with Gasteiger partial charge in [-0.1, -0.05) is 47.4 Å². The summed E-state index contributed by atoms with van der Waals surface area (Å²) in [6.45, 7) is 4.38. The Labute approximate surface area is 118 Å². The van der Waals surface area contributed by atoms with Crippen molar-refractivity contribution >= 4 is 0 Å². The van der Waals surface area contributed by atoms with Crippen molar-refractivity contribution in [2.24, 2.45) is 0 Å². The smallest absolute Gasteiger partial charge is 0.0317 e. The van der Waals surface area contributed by atoms with Crippen LogP contribution in [0.1, 0.15) is 48.8 Å². The van der Waals surface area contributed by atoms with E-state index in [9.17, 15) is 0 Å². The van der Waals surface area contributed by atoms with E-state index in [1.165, 1.54) is 48.8 Å². The molecule has 0 saturated heterocycles. The Hall–Kier alpha value is -1.08. The molecule has 0 amide bonds. The second kappa shape index (κ2) is 6.91. The molecule has 1 N–H and O–H groups in total. The molecule has 0 spiro atoms. The molecule has 1 nitrogen and oxygen atoms in total. The Bertz CT molecular complexity index is 425. The Balaban J connectivity index is 2.11. The van der Waals surface area contributed by atoms with Crippen molar-refractivity contribution in [2.45, 2.75) is 58.4 Å². The SMILES string of the molecule is CNC(Cc1cc(C)cc(C)c1)C1=CCCCCC1. The summed E-state index contributed by atoms with van der Waals surface area (Å²) in [6, 6.07) is 7.42. The van der Waals surface area contributed by atoms with Crippen LogP contribution < -0.4 is 5.32 Å². The fourth-order valence-electron chi connectivity index (χ4n) is 3.20. The third kappa shape index (κ3) is 4.21. The van der Waals surface area contributed by atoms with Gasteiger partial charge in [-0.15, -0.1) is 0 Å². The molecule has 19 heavy (non-hydrogen) atoms. The quantitative estimate of drug-likeness (QED) is 0.792. The van der Waals surface area contributed by atoms with Crippen LogP contribution in [0.4, 0.5) is 0 Å². The van der Waals surface area contributed by atoms with Gasteiger partial charge in [-0.25, -0.2) is 0 Å². The van der Waals surface area contributed by atoms with Gasteiger partial charge in [0, 0.05) is 6.04 Å². The molecule has 104 valence electrons. The molecule has 0 fully saturated rings. The third-order valence-corrected chi connectivity index (χ3v) is 4.09. The molecule has 0 aliphatic heterocycles. The summed E-state index contributed by atoms with van der Waals surface area (Å²) in [6.07, 6.45) is 10.2. The van der Waals surface area contributed by atoms with Crippen molar-refractivity contribution in [1.82, 2.24) is 5.32 Å². The topological polar surface area (TPSA) is 12.0 Å². The van der Waals surface area contributed by atoms with Crippen molar-refractivity contribution in [3.8, 4) is 0 Å². The number of hydrogen-bond donors (Lipinski definition) is 1. The van der Waals surface area contributed by atoms with Gasteiger partial charge in [0.1, 0.15) is 0 Å². The summed E-state index contributed by atoms with van der Waals surface area (Å²) >= 11 is 0. The summed E-state index contributed by atoms with van der Waals surface area (Å²) in [5, 5.41) is 3.52. The molecule has 0 bridgehead atoms. The van der Waals surface area contributed by atoms with Gasteiger partial charge in [0.05, 0.1) is 0 Å². The van der Waals surface area contributed by atoms with Gasteiger partial charge in [-0.3, -0.25) is 0 Å². The number of rotatable bonds is 4. The van der Waals surface area contributed by atoms with E-state index in [0.29, 0.717) is 6.04 Å². The second-order valence-corrected chi connectivity index (χ2v) is 5.92. The minimum Gasteiger partial charge on any atom is -0.313 e. The van der Waals surface area contributed by atoms with E-state index < -0.39 is 0 Å². The molecule has 1 aliphatic rings. The highest BCUT2D eigenvalue weighted by atomic mass is 14.9. The molecule has 0 radical (unpaired) electrons. The Kier molecular flexibility index (Phi) is 5.21. The molecule has 2 rings (SSSR count). The van der Waals surface area contributed by atoms with Crippen LogP contribution in [0.25, 0.3) is 0 Å². The molecule has 0 saturated carbocycles. The Morgan fingerprint density at radius 2 is 1.79 bits per heavy atom.